The maximum absolute atomic E-state index is 12.3. The number of likely N-dealkylation sites (tertiary alicyclic amines) is 2. The van der Waals surface area contributed by atoms with Crippen LogP contribution < -0.4 is 5.32 Å². The lowest BCUT2D eigenvalue weighted by Gasteiger charge is -2.33. The Labute approximate surface area is 135 Å². The van der Waals surface area contributed by atoms with Crippen molar-refractivity contribution in [2.24, 2.45) is 23.7 Å². The Balaban J connectivity index is 1.39. The molecule has 0 aromatic carbocycles. The van der Waals surface area contributed by atoms with Gasteiger partial charge in [-0.25, -0.2) is 0 Å². The van der Waals surface area contributed by atoms with Gasteiger partial charge in [0.25, 0.3) is 0 Å². The lowest BCUT2D eigenvalue weighted by molar-refractivity contribution is -0.124. The summed E-state index contributed by atoms with van der Waals surface area (Å²) in [6.45, 7) is 15.8. The Morgan fingerprint density at radius 1 is 1.09 bits per heavy atom. The van der Waals surface area contributed by atoms with Crippen LogP contribution in [0.4, 0.5) is 0 Å². The molecule has 0 spiro atoms. The molecule has 126 valence electrons. The molecule has 1 unspecified atom stereocenters. The van der Waals surface area contributed by atoms with E-state index in [1.807, 2.05) is 0 Å². The predicted molar refractivity (Wildman–Crippen MR) is 89.6 cm³/mol. The van der Waals surface area contributed by atoms with Gasteiger partial charge in [0.05, 0.1) is 0 Å². The molecule has 1 amide bonds. The van der Waals surface area contributed by atoms with Crippen molar-refractivity contribution in [1.82, 2.24) is 15.1 Å². The normalized spacial score (nSPS) is 33.7. The fraction of sp³-hybridized carbons (Fsp3) is 0.944. The molecule has 3 fully saturated rings. The van der Waals surface area contributed by atoms with Crippen LogP contribution in [-0.2, 0) is 4.79 Å². The summed E-state index contributed by atoms with van der Waals surface area (Å²) in [7, 11) is 0. The zero-order valence-corrected chi connectivity index (χ0v) is 14.8. The molecule has 3 rings (SSSR count). The third-order valence-corrected chi connectivity index (χ3v) is 5.74. The Morgan fingerprint density at radius 2 is 1.68 bits per heavy atom. The number of hydrogen-bond donors (Lipinski definition) is 1. The van der Waals surface area contributed by atoms with Crippen LogP contribution in [-0.4, -0.2) is 60.5 Å². The molecule has 2 heterocycles. The van der Waals surface area contributed by atoms with Crippen LogP contribution in [0.25, 0.3) is 0 Å². The fourth-order valence-corrected chi connectivity index (χ4v) is 4.45. The number of piperidine rings is 2. The molecular weight excluding hydrogens is 274 g/mol. The van der Waals surface area contributed by atoms with Gasteiger partial charge in [0, 0.05) is 31.1 Å². The van der Waals surface area contributed by atoms with E-state index in [0.29, 0.717) is 23.7 Å². The standard InChI is InChI=1S/C18H33N3O/c1-5-20-8-6-13(7-9-20)10-21-11-14-15(12-21)16(14)17(22)19-18(2,3)4/h13-16H,5-12H2,1-4H3,(H,19,22)/t14-,15+,16?. The molecule has 4 heteroatoms. The minimum atomic E-state index is -0.0963. The van der Waals surface area contributed by atoms with E-state index in [1.165, 1.54) is 39.0 Å². The summed E-state index contributed by atoms with van der Waals surface area (Å²) in [6.07, 6.45) is 2.71. The molecule has 3 atom stereocenters. The van der Waals surface area contributed by atoms with Crippen LogP contribution in [0.5, 0.6) is 0 Å². The molecule has 0 bridgehead atoms. The zero-order valence-electron chi connectivity index (χ0n) is 14.8. The van der Waals surface area contributed by atoms with E-state index in [2.05, 4.69) is 42.8 Å². The number of amides is 1. The maximum atomic E-state index is 12.3. The van der Waals surface area contributed by atoms with Crippen LogP contribution >= 0.6 is 0 Å². The lowest BCUT2D eigenvalue weighted by atomic mass is 9.96. The summed E-state index contributed by atoms with van der Waals surface area (Å²) in [5, 5.41) is 3.15. The van der Waals surface area contributed by atoms with Crippen molar-refractivity contribution < 1.29 is 4.79 Å². The quantitative estimate of drug-likeness (QED) is 0.860. The molecule has 1 N–H and O–H groups in total. The SMILES string of the molecule is CCN1CCC(CN2C[C@@H]3C(C(=O)NC(C)(C)C)[C@@H]3C2)CC1. The first-order valence-corrected chi connectivity index (χ1v) is 9.14. The first-order valence-electron chi connectivity index (χ1n) is 9.14. The highest BCUT2D eigenvalue weighted by Crippen LogP contribution is 2.52. The van der Waals surface area contributed by atoms with E-state index in [4.69, 9.17) is 0 Å². The van der Waals surface area contributed by atoms with Gasteiger partial charge in [-0.15, -0.1) is 0 Å². The summed E-state index contributed by atoms with van der Waals surface area (Å²) in [5.41, 5.74) is -0.0963. The molecule has 0 aromatic rings. The van der Waals surface area contributed by atoms with Crippen LogP contribution in [0.1, 0.15) is 40.5 Å². The van der Waals surface area contributed by atoms with E-state index in [1.54, 1.807) is 0 Å². The Kier molecular flexibility index (Phi) is 4.52. The van der Waals surface area contributed by atoms with Crippen LogP contribution in [0.15, 0.2) is 0 Å². The number of hydrogen-bond acceptors (Lipinski definition) is 3. The second-order valence-electron chi connectivity index (χ2n) is 8.69. The molecule has 1 saturated carbocycles. The first kappa shape index (κ1) is 16.3. The molecule has 22 heavy (non-hydrogen) atoms. The molecule has 0 radical (unpaired) electrons. The molecule has 2 aliphatic heterocycles. The summed E-state index contributed by atoms with van der Waals surface area (Å²) in [6, 6.07) is 0. The highest BCUT2D eigenvalue weighted by atomic mass is 16.2. The third kappa shape index (κ3) is 3.65. The molecular formula is C18H33N3O. The Hall–Kier alpha value is -0.610. The molecule has 0 aromatic heterocycles. The summed E-state index contributed by atoms with van der Waals surface area (Å²) >= 11 is 0. The molecule has 2 saturated heterocycles. The third-order valence-electron chi connectivity index (χ3n) is 5.74. The van der Waals surface area contributed by atoms with Gasteiger partial charge in [-0.3, -0.25) is 4.79 Å². The van der Waals surface area contributed by atoms with Crippen molar-refractivity contribution in [3.8, 4) is 0 Å². The minimum absolute atomic E-state index is 0.0963. The van der Waals surface area contributed by atoms with Gasteiger partial charge in [0.15, 0.2) is 0 Å². The molecule has 1 aliphatic carbocycles. The Bertz CT molecular complexity index is 397. The number of rotatable bonds is 4. The topological polar surface area (TPSA) is 35.6 Å². The van der Waals surface area contributed by atoms with Crippen molar-refractivity contribution in [1.29, 1.82) is 0 Å². The molecule has 4 nitrogen and oxygen atoms in total. The van der Waals surface area contributed by atoms with E-state index in [-0.39, 0.29) is 5.54 Å². The average molecular weight is 307 g/mol. The average Bonchev–Trinajstić information content (AvgIpc) is 2.95. The number of carbonyl (C=O) groups is 1. The van der Waals surface area contributed by atoms with Crippen molar-refractivity contribution >= 4 is 5.91 Å². The largest absolute Gasteiger partial charge is 0.351 e. The van der Waals surface area contributed by atoms with Gasteiger partial charge in [0.1, 0.15) is 0 Å². The van der Waals surface area contributed by atoms with Gasteiger partial charge in [0.2, 0.25) is 5.91 Å². The number of nitrogens with zero attached hydrogens (tertiary/aromatic N) is 2. The van der Waals surface area contributed by atoms with E-state index in [0.717, 1.165) is 19.0 Å². The van der Waals surface area contributed by atoms with Gasteiger partial charge >= 0.3 is 0 Å². The number of carbonyl (C=O) groups excluding carboxylic acids is 1. The highest BCUT2D eigenvalue weighted by molar-refractivity contribution is 5.83. The minimum Gasteiger partial charge on any atom is -0.351 e. The second-order valence-corrected chi connectivity index (χ2v) is 8.69. The number of fused-ring (bicyclic) bond motifs is 1. The van der Waals surface area contributed by atoms with Crippen molar-refractivity contribution in [3.05, 3.63) is 0 Å². The van der Waals surface area contributed by atoms with Crippen LogP contribution in [0, 0.1) is 23.7 Å². The van der Waals surface area contributed by atoms with E-state index < -0.39 is 0 Å². The van der Waals surface area contributed by atoms with Crippen molar-refractivity contribution in [2.75, 3.05) is 39.3 Å². The predicted octanol–water partition coefficient (Wildman–Crippen LogP) is 1.81. The van der Waals surface area contributed by atoms with Crippen molar-refractivity contribution in [3.63, 3.8) is 0 Å². The number of nitrogens with one attached hydrogen (secondary N) is 1. The maximum Gasteiger partial charge on any atom is 0.224 e. The zero-order chi connectivity index (χ0) is 15.9. The second kappa shape index (κ2) is 6.12. The van der Waals surface area contributed by atoms with Gasteiger partial charge in [-0.05, 0) is 71.0 Å². The summed E-state index contributed by atoms with van der Waals surface area (Å²) in [4.78, 5) is 17.5. The smallest absolute Gasteiger partial charge is 0.224 e. The lowest BCUT2D eigenvalue weighted by Crippen LogP contribution is -2.43. The van der Waals surface area contributed by atoms with Gasteiger partial charge in [-0.2, -0.15) is 0 Å². The van der Waals surface area contributed by atoms with Crippen molar-refractivity contribution in [2.45, 2.75) is 46.1 Å². The fourth-order valence-electron chi connectivity index (χ4n) is 4.45. The Morgan fingerprint density at radius 3 is 2.18 bits per heavy atom. The summed E-state index contributed by atoms with van der Waals surface area (Å²) in [5.74, 6) is 2.74. The van der Waals surface area contributed by atoms with Crippen LogP contribution in [0.2, 0.25) is 0 Å². The van der Waals surface area contributed by atoms with E-state index in [9.17, 15) is 4.79 Å². The molecule has 3 aliphatic rings. The summed E-state index contributed by atoms with van der Waals surface area (Å²) < 4.78 is 0. The van der Waals surface area contributed by atoms with Gasteiger partial charge < -0.3 is 15.1 Å². The van der Waals surface area contributed by atoms with Gasteiger partial charge in [-0.1, -0.05) is 6.92 Å². The van der Waals surface area contributed by atoms with Crippen LogP contribution in [0.3, 0.4) is 0 Å². The van der Waals surface area contributed by atoms with E-state index >= 15 is 0 Å². The first-order chi connectivity index (χ1) is 10.4. The highest BCUT2D eigenvalue weighted by Gasteiger charge is 2.59. The monoisotopic (exact) mass is 307 g/mol.